The average Bonchev–Trinajstić information content (AvgIpc) is 4.07. The number of nitrogens with zero attached hydrogens (tertiary/aromatic N) is 6. The number of aromatic nitrogens is 6. The van der Waals surface area contributed by atoms with Crippen molar-refractivity contribution in [2.75, 3.05) is 0 Å². The zero-order valence-electron chi connectivity index (χ0n) is 34.9. The van der Waals surface area contributed by atoms with Crippen LogP contribution in [0, 0.1) is 0 Å². The molecular weight excluding hydrogens is 813 g/mol. The van der Waals surface area contributed by atoms with Crippen LogP contribution in [0.4, 0.5) is 0 Å². The summed E-state index contributed by atoms with van der Waals surface area (Å²) in [6.45, 7) is 0. The summed E-state index contributed by atoms with van der Waals surface area (Å²) in [5.41, 5.74) is 14.2. The van der Waals surface area contributed by atoms with E-state index in [9.17, 15) is 0 Å². The Morgan fingerprint density at radius 3 is 1.28 bits per heavy atom. The van der Waals surface area contributed by atoms with E-state index in [4.69, 9.17) is 19.9 Å². The van der Waals surface area contributed by atoms with Crippen LogP contribution in [0.2, 0.25) is 0 Å². The molecule has 13 rings (SSSR count). The standard InChI is InChI=1S/C58H36N6S/c1-4-14-37(15-5-1)55-60-56(38-16-6-2-7-17-38)62-57(61-55)42-26-31-49-54(36-42)65-58(59-49)39-24-29-44(30-25-39)64-51-23-13-11-21-46(51)48-35-41(28-33-53(48)64)40-27-32-52-47(34-40)45-20-10-12-22-50(45)63(52)43-18-8-3-9-19-43/h1-36H. The van der Waals surface area contributed by atoms with Gasteiger partial charge in [-0.05, 0) is 102 Å². The van der Waals surface area contributed by atoms with Crippen LogP contribution in [-0.4, -0.2) is 29.1 Å². The molecular formula is C58H36N6S. The van der Waals surface area contributed by atoms with Crippen LogP contribution >= 0.6 is 11.3 Å². The number of para-hydroxylation sites is 3. The van der Waals surface area contributed by atoms with Crippen LogP contribution < -0.4 is 0 Å². The lowest BCUT2D eigenvalue weighted by molar-refractivity contribution is 1.07. The fraction of sp³-hybridized carbons (Fsp3) is 0. The van der Waals surface area contributed by atoms with Crippen molar-refractivity contribution in [2.24, 2.45) is 0 Å². The molecule has 0 saturated carbocycles. The van der Waals surface area contributed by atoms with Crippen LogP contribution in [-0.2, 0) is 0 Å². The first-order valence-electron chi connectivity index (χ1n) is 21.7. The zero-order valence-corrected chi connectivity index (χ0v) is 35.7. The van der Waals surface area contributed by atoms with Gasteiger partial charge < -0.3 is 9.13 Å². The van der Waals surface area contributed by atoms with E-state index in [1.54, 1.807) is 11.3 Å². The highest BCUT2D eigenvalue weighted by Gasteiger charge is 2.18. The van der Waals surface area contributed by atoms with Gasteiger partial charge in [0, 0.05) is 55.2 Å². The molecule has 0 bridgehead atoms. The summed E-state index contributed by atoms with van der Waals surface area (Å²) >= 11 is 1.68. The fourth-order valence-corrected chi connectivity index (χ4v) is 10.3. The molecule has 0 amide bonds. The molecule has 0 atom stereocenters. The maximum Gasteiger partial charge on any atom is 0.164 e. The van der Waals surface area contributed by atoms with Crippen molar-refractivity contribution in [1.82, 2.24) is 29.1 Å². The van der Waals surface area contributed by atoms with E-state index in [1.165, 1.54) is 54.7 Å². The summed E-state index contributed by atoms with van der Waals surface area (Å²) in [4.78, 5) is 19.9. The molecule has 0 saturated heterocycles. The number of benzene rings is 9. The van der Waals surface area contributed by atoms with Crippen molar-refractivity contribution in [3.05, 3.63) is 218 Å². The van der Waals surface area contributed by atoms with Crippen molar-refractivity contribution in [3.63, 3.8) is 0 Å². The van der Waals surface area contributed by atoms with E-state index in [2.05, 4.69) is 167 Å². The van der Waals surface area contributed by atoms with Crippen LogP contribution in [0.5, 0.6) is 0 Å². The minimum Gasteiger partial charge on any atom is -0.309 e. The molecule has 9 aromatic carbocycles. The lowest BCUT2D eigenvalue weighted by Gasteiger charge is -2.10. The minimum atomic E-state index is 0.630. The van der Waals surface area contributed by atoms with Crippen LogP contribution in [0.25, 0.3) is 121 Å². The van der Waals surface area contributed by atoms with Gasteiger partial charge in [0.25, 0.3) is 0 Å². The van der Waals surface area contributed by atoms with Gasteiger partial charge in [-0.25, -0.2) is 19.9 Å². The van der Waals surface area contributed by atoms with Gasteiger partial charge in [0.15, 0.2) is 17.5 Å². The van der Waals surface area contributed by atoms with Crippen LogP contribution in [0.15, 0.2) is 218 Å². The van der Waals surface area contributed by atoms with Gasteiger partial charge in [-0.2, -0.15) is 0 Å². The molecule has 13 aromatic rings. The molecule has 4 aromatic heterocycles. The van der Waals surface area contributed by atoms with Gasteiger partial charge in [-0.3, -0.25) is 0 Å². The molecule has 0 aliphatic carbocycles. The predicted octanol–water partition coefficient (Wildman–Crippen LogP) is 15.0. The smallest absolute Gasteiger partial charge is 0.164 e. The number of hydrogen-bond acceptors (Lipinski definition) is 5. The molecule has 0 unspecified atom stereocenters. The molecule has 6 nitrogen and oxygen atoms in total. The number of rotatable bonds is 7. The lowest BCUT2D eigenvalue weighted by Crippen LogP contribution is -1.99. The summed E-state index contributed by atoms with van der Waals surface area (Å²) in [5.74, 6) is 1.92. The highest BCUT2D eigenvalue weighted by Crippen LogP contribution is 2.39. The largest absolute Gasteiger partial charge is 0.309 e. The van der Waals surface area contributed by atoms with Gasteiger partial charge in [0.1, 0.15) is 5.01 Å². The van der Waals surface area contributed by atoms with Crippen LogP contribution in [0.3, 0.4) is 0 Å². The molecule has 0 radical (unpaired) electrons. The second kappa shape index (κ2) is 15.1. The lowest BCUT2D eigenvalue weighted by atomic mass is 10.0. The highest BCUT2D eigenvalue weighted by atomic mass is 32.1. The Morgan fingerprint density at radius 2 is 0.723 bits per heavy atom. The van der Waals surface area contributed by atoms with Gasteiger partial charge in [0.05, 0.1) is 32.3 Å². The SMILES string of the molecule is c1ccc(-c2nc(-c3ccccc3)nc(-c3ccc4nc(-c5ccc(-n6c7ccccc7c7cc(-c8ccc9c(c8)c8ccccc8n9-c8ccccc8)ccc76)cc5)sc4c3)n2)cc1. The third-order valence-corrected chi connectivity index (χ3v) is 13.5. The first kappa shape index (κ1) is 37.1. The third kappa shape index (κ3) is 6.32. The quantitative estimate of drug-likeness (QED) is 0.160. The number of fused-ring (bicyclic) bond motifs is 7. The van der Waals surface area contributed by atoms with Crippen molar-refractivity contribution < 1.29 is 0 Å². The summed E-state index contributed by atoms with van der Waals surface area (Å²) in [5, 5.41) is 5.91. The number of hydrogen-bond donors (Lipinski definition) is 0. The molecule has 7 heteroatoms. The Labute approximate surface area is 378 Å². The van der Waals surface area contributed by atoms with Gasteiger partial charge >= 0.3 is 0 Å². The van der Waals surface area contributed by atoms with Gasteiger partial charge in [-0.15, -0.1) is 11.3 Å². The number of thiazole rings is 1. The van der Waals surface area contributed by atoms with Gasteiger partial charge in [-0.1, -0.05) is 127 Å². The Balaban J connectivity index is 0.847. The Bertz CT molecular complexity index is 3870. The first-order chi connectivity index (χ1) is 32.2. The maximum atomic E-state index is 5.09. The normalized spacial score (nSPS) is 11.7. The highest BCUT2D eigenvalue weighted by molar-refractivity contribution is 7.21. The summed E-state index contributed by atoms with van der Waals surface area (Å²) in [6, 6.07) is 77.1. The topological polar surface area (TPSA) is 61.4 Å². The minimum absolute atomic E-state index is 0.630. The Morgan fingerprint density at radius 1 is 0.292 bits per heavy atom. The molecule has 65 heavy (non-hydrogen) atoms. The monoisotopic (exact) mass is 848 g/mol. The van der Waals surface area contributed by atoms with E-state index in [1.807, 2.05) is 60.7 Å². The molecule has 4 heterocycles. The van der Waals surface area contributed by atoms with E-state index in [0.717, 1.165) is 48.9 Å². The van der Waals surface area contributed by atoms with Crippen molar-refractivity contribution in [2.45, 2.75) is 0 Å². The summed E-state index contributed by atoms with van der Waals surface area (Å²) in [6.07, 6.45) is 0. The Hall–Kier alpha value is -8.52. The second-order valence-electron chi connectivity index (χ2n) is 16.3. The third-order valence-electron chi connectivity index (χ3n) is 12.4. The summed E-state index contributed by atoms with van der Waals surface area (Å²) in [7, 11) is 0. The van der Waals surface area contributed by atoms with Gasteiger partial charge in [0.2, 0.25) is 0 Å². The summed E-state index contributed by atoms with van der Waals surface area (Å²) < 4.78 is 5.82. The van der Waals surface area contributed by atoms with E-state index in [-0.39, 0.29) is 0 Å². The average molecular weight is 849 g/mol. The van der Waals surface area contributed by atoms with Crippen molar-refractivity contribution in [3.8, 4) is 67.2 Å². The molecule has 0 spiro atoms. The second-order valence-corrected chi connectivity index (χ2v) is 17.3. The molecule has 0 aliphatic rings. The first-order valence-corrected chi connectivity index (χ1v) is 22.5. The zero-order chi connectivity index (χ0) is 42.8. The van der Waals surface area contributed by atoms with Crippen LogP contribution in [0.1, 0.15) is 0 Å². The fourth-order valence-electron chi connectivity index (χ4n) is 9.32. The van der Waals surface area contributed by atoms with E-state index >= 15 is 0 Å². The molecule has 304 valence electrons. The van der Waals surface area contributed by atoms with Crippen molar-refractivity contribution in [1.29, 1.82) is 0 Å². The Kier molecular flexibility index (Phi) is 8.60. The van der Waals surface area contributed by atoms with E-state index < -0.39 is 0 Å². The molecule has 0 fully saturated rings. The molecule has 0 aliphatic heterocycles. The maximum absolute atomic E-state index is 5.09. The van der Waals surface area contributed by atoms with E-state index in [0.29, 0.717) is 17.5 Å². The molecule has 0 N–H and O–H groups in total. The predicted molar refractivity (Wildman–Crippen MR) is 269 cm³/mol. The van der Waals surface area contributed by atoms with Crippen molar-refractivity contribution >= 4 is 65.2 Å².